The highest BCUT2D eigenvalue weighted by atomic mass is 35.5. The molecule has 1 fully saturated rings. The zero-order chi connectivity index (χ0) is 30.1. The number of aromatic nitrogens is 4. The van der Waals surface area contributed by atoms with Gasteiger partial charge in [0, 0.05) is 29.9 Å². The molecule has 0 aliphatic heterocycles. The first-order valence-electron chi connectivity index (χ1n) is 12.9. The van der Waals surface area contributed by atoms with Gasteiger partial charge in [-0.25, -0.2) is 21.7 Å². The number of fused-ring (bicyclic) bond motifs is 1. The number of aryl methyl sites for hydroxylation is 2. The molecule has 4 heterocycles. The maximum absolute atomic E-state index is 16.1. The van der Waals surface area contributed by atoms with Crippen LogP contribution in [0, 0.1) is 36.8 Å². The van der Waals surface area contributed by atoms with Crippen molar-refractivity contribution in [1.82, 2.24) is 19.2 Å². The van der Waals surface area contributed by atoms with Gasteiger partial charge in [-0.1, -0.05) is 23.7 Å². The number of rotatable bonds is 5. The molecule has 1 aromatic carbocycles. The van der Waals surface area contributed by atoms with Crippen LogP contribution in [0.5, 0.6) is 0 Å². The summed E-state index contributed by atoms with van der Waals surface area (Å²) in [6, 6.07) is 11.3. The zero-order valence-corrected chi connectivity index (χ0v) is 24.1. The minimum absolute atomic E-state index is 0.000691. The van der Waals surface area contributed by atoms with Crippen LogP contribution in [0.4, 0.5) is 8.78 Å². The van der Waals surface area contributed by atoms with Crippen LogP contribution in [-0.2, 0) is 9.84 Å². The lowest BCUT2D eigenvalue weighted by molar-refractivity contribution is 0.569. The van der Waals surface area contributed by atoms with E-state index in [0.29, 0.717) is 34.3 Å². The molecule has 2 atom stereocenters. The number of benzene rings is 1. The van der Waals surface area contributed by atoms with Gasteiger partial charge in [0.05, 0.1) is 23.0 Å². The van der Waals surface area contributed by atoms with Crippen LogP contribution in [0.1, 0.15) is 46.2 Å². The molecule has 6 rings (SSSR count). The first-order chi connectivity index (χ1) is 19.9. The van der Waals surface area contributed by atoms with Crippen LogP contribution in [0.25, 0.3) is 22.5 Å². The molecule has 5 aromatic rings. The van der Waals surface area contributed by atoms with E-state index in [-0.39, 0.29) is 28.1 Å². The predicted molar refractivity (Wildman–Crippen MR) is 153 cm³/mol. The summed E-state index contributed by atoms with van der Waals surface area (Å²) in [6.45, 7) is 3.20. The lowest BCUT2D eigenvalue weighted by atomic mass is 10.0. The summed E-state index contributed by atoms with van der Waals surface area (Å²) >= 11 is 6.65. The SMILES string of the molecule is Cc1cnc(-c2cccc(S(C)(=O)=O)c2F)c(F)c1-n1c(C)cc([C@H]2C[C@@H]2c2cccn3ncc(C#N)c23)c(Cl)c1=O. The minimum Gasteiger partial charge on any atom is -0.277 e. The van der Waals surface area contributed by atoms with Crippen molar-refractivity contribution < 1.29 is 17.2 Å². The highest BCUT2D eigenvalue weighted by molar-refractivity contribution is 7.90. The summed E-state index contributed by atoms with van der Waals surface area (Å²) in [7, 11) is -3.93. The van der Waals surface area contributed by atoms with Gasteiger partial charge in [0.2, 0.25) is 0 Å². The van der Waals surface area contributed by atoms with E-state index in [2.05, 4.69) is 16.2 Å². The molecule has 0 radical (unpaired) electrons. The Morgan fingerprint density at radius 1 is 1.07 bits per heavy atom. The van der Waals surface area contributed by atoms with Gasteiger partial charge in [-0.2, -0.15) is 10.4 Å². The Labute approximate surface area is 244 Å². The third kappa shape index (κ3) is 4.30. The van der Waals surface area contributed by atoms with Crippen LogP contribution >= 0.6 is 11.6 Å². The average molecular weight is 606 g/mol. The van der Waals surface area contributed by atoms with E-state index in [1.165, 1.54) is 24.5 Å². The largest absolute Gasteiger partial charge is 0.277 e. The van der Waals surface area contributed by atoms with Crippen molar-refractivity contribution in [2.45, 2.75) is 37.0 Å². The second-order valence-corrected chi connectivity index (χ2v) is 12.8. The van der Waals surface area contributed by atoms with Crippen molar-refractivity contribution >= 4 is 27.0 Å². The Hall–Kier alpha value is -4.40. The molecule has 1 saturated carbocycles. The third-order valence-corrected chi connectivity index (χ3v) is 9.16. The zero-order valence-electron chi connectivity index (χ0n) is 22.6. The standard InChI is InChI=1S/C30H22ClF2N5O3S/c1-15-13-35-27(19-6-4-8-23(25(19)32)42(3,40)41)26(33)28(15)38-16(2)10-22(24(31)30(38)39)21-11-20(21)18-7-5-9-37-29(18)17(12-34)14-36-37/h4-10,13-14,20-21H,11H2,1-3H3/t20-,21+/m1/s1. The number of halogens is 3. The molecule has 4 aromatic heterocycles. The molecule has 1 aliphatic carbocycles. The van der Waals surface area contributed by atoms with Gasteiger partial charge < -0.3 is 0 Å². The van der Waals surface area contributed by atoms with Gasteiger partial charge >= 0.3 is 0 Å². The Kier molecular flexibility index (Phi) is 6.51. The number of pyridine rings is 3. The van der Waals surface area contributed by atoms with Gasteiger partial charge in [-0.05, 0) is 73.1 Å². The molecule has 0 amide bonds. The van der Waals surface area contributed by atoms with E-state index in [9.17, 15) is 18.5 Å². The van der Waals surface area contributed by atoms with Crippen LogP contribution in [0.15, 0.2) is 64.7 Å². The number of sulfone groups is 1. The summed E-state index contributed by atoms with van der Waals surface area (Å²) in [4.78, 5) is 17.2. The highest BCUT2D eigenvalue weighted by Gasteiger charge is 2.43. The third-order valence-electron chi connectivity index (χ3n) is 7.66. The molecule has 1 aliphatic rings. The van der Waals surface area contributed by atoms with Gasteiger partial charge in [0.1, 0.15) is 21.7 Å². The van der Waals surface area contributed by atoms with Crippen molar-refractivity contribution in [2.24, 2.45) is 0 Å². The van der Waals surface area contributed by atoms with Crippen LogP contribution in [-0.4, -0.2) is 33.8 Å². The summed E-state index contributed by atoms with van der Waals surface area (Å²) in [5.74, 6) is -2.22. The molecule has 0 N–H and O–H groups in total. The number of hydrogen-bond donors (Lipinski definition) is 0. The maximum atomic E-state index is 16.1. The van der Waals surface area contributed by atoms with E-state index in [1.807, 2.05) is 12.1 Å². The van der Waals surface area contributed by atoms with Crippen molar-refractivity contribution in [3.63, 3.8) is 0 Å². The maximum Gasteiger partial charge on any atom is 0.274 e. The topological polar surface area (TPSA) is 110 Å². The molecular formula is C30H22ClF2N5O3S. The van der Waals surface area contributed by atoms with E-state index in [1.54, 1.807) is 30.6 Å². The summed E-state index contributed by atoms with van der Waals surface area (Å²) in [5, 5.41) is 13.7. The quantitative estimate of drug-likeness (QED) is 0.256. The van der Waals surface area contributed by atoms with Gasteiger partial charge in [0.15, 0.2) is 21.5 Å². The summed E-state index contributed by atoms with van der Waals surface area (Å²) in [5.41, 5.74) is 1.80. The van der Waals surface area contributed by atoms with E-state index >= 15 is 8.78 Å². The smallest absolute Gasteiger partial charge is 0.274 e. The Balaban J connectivity index is 1.45. The predicted octanol–water partition coefficient (Wildman–Crippen LogP) is 5.64. The Bertz CT molecular complexity index is 2170. The molecule has 0 saturated heterocycles. The fourth-order valence-corrected chi connectivity index (χ4v) is 6.66. The van der Waals surface area contributed by atoms with E-state index in [4.69, 9.17) is 11.6 Å². The van der Waals surface area contributed by atoms with Crippen LogP contribution in [0.3, 0.4) is 0 Å². The summed E-state index contributed by atoms with van der Waals surface area (Å²) in [6.07, 6.45) is 6.12. The van der Waals surface area contributed by atoms with Crippen LogP contribution in [0.2, 0.25) is 5.02 Å². The molecule has 12 heteroatoms. The molecule has 0 unspecified atom stereocenters. The fourth-order valence-electron chi connectivity index (χ4n) is 5.62. The number of nitrogens with zero attached hydrogens (tertiary/aromatic N) is 5. The van der Waals surface area contributed by atoms with Gasteiger partial charge in [-0.15, -0.1) is 0 Å². The Morgan fingerprint density at radius 2 is 1.81 bits per heavy atom. The second kappa shape index (κ2) is 9.86. The normalized spacial score (nSPS) is 16.5. The van der Waals surface area contributed by atoms with Crippen molar-refractivity contribution in [1.29, 1.82) is 5.26 Å². The van der Waals surface area contributed by atoms with Crippen LogP contribution < -0.4 is 5.56 Å². The lowest BCUT2D eigenvalue weighted by Crippen LogP contribution is -2.24. The second-order valence-electron chi connectivity index (χ2n) is 10.4. The first-order valence-corrected chi connectivity index (χ1v) is 15.1. The molecular weight excluding hydrogens is 584 g/mol. The lowest BCUT2D eigenvalue weighted by Gasteiger charge is -2.18. The first kappa shape index (κ1) is 27.8. The molecule has 0 bridgehead atoms. The van der Waals surface area contributed by atoms with E-state index in [0.717, 1.165) is 22.5 Å². The Morgan fingerprint density at radius 3 is 2.52 bits per heavy atom. The number of hydrogen-bond acceptors (Lipinski definition) is 6. The highest BCUT2D eigenvalue weighted by Crippen LogP contribution is 2.57. The molecule has 0 spiro atoms. The summed E-state index contributed by atoms with van der Waals surface area (Å²) < 4.78 is 58.2. The minimum atomic E-state index is -3.93. The van der Waals surface area contributed by atoms with Gasteiger partial charge in [-0.3, -0.25) is 14.3 Å². The van der Waals surface area contributed by atoms with Crippen molar-refractivity contribution in [3.8, 4) is 23.0 Å². The van der Waals surface area contributed by atoms with Gasteiger partial charge in [0.25, 0.3) is 5.56 Å². The molecule has 42 heavy (non-hydrogen) atoms. The van der Waals surface area contributed by atoms with Crippen molar-refractivity contribution in [3.05, 3.63) is 110 Å². The average Bonchev–Trinajstić information content (AvgIpc) is 3.62. The molecule has 212 valence electrons. The monoisotopic (exact) mass is 605 g/mol. The van der Waals surface area contributed by atoms with E-state index < -0.39 is 37.6 Å². The number of nitriles is 1. The molecule has 8 nitrogen and oxygen atoms in total. The fraction of sp³-hybridized carbons (Fsp3) is 0.200. The van der Waals surface area contributed by atoms with Crippen molar-refractivity contribution in [2.75, 3.05) is 6.26 Å².